The van der Waals surface area contributed by atoms with Crippen LogP contribution in [-0.2, 0) is 0 Å². The average molecular weight is 110 g/mol. The van der Waals surface area contributed by atoms with Gasteiger partial charge in [0.15, 0.2) is 0 Å². The third-order valence-electron chi connectivity index (χ3n) is 2.08. The molecule has 0 aromatic carbocycles. The first kappa shape index (κ1) is 5.58. The fourth-order valence-corrected chi connectivity index (χ4v) is 0.910. The molecule has 1 aliphatic rings. The molecule has 2 nitrogen and oxygen atoms in total. The van der Waals surface area contributed by atoms with Crippen molar-refractivity contribution in [1.29, 1.82) is 5.26 Å². The molecule has 0 aromatic heterocycles. The van der Waals surface area contributed by atoms with Gasteiger partial charge in [0.25, 0.3) is 0 Å². The van der Waals surface area contributed by atoms with Gasteiger partial charge in [-0.15, -0.1) is 0 Å². The van der Waals surface area contributed by atoms with E-state index < -0.39 is 5.54 Å². The summed E-state index contributed by atoms with van der Waals surface area (Å²) in [5, 5.41) is 8.44. The SMILES string of the molecule is CC1CCC1(N)C#N. The van der Waals surface area contributed by atoms with Crippen LogP contribution in [0.15, 0.2) is 0 Å². The van der Waals surface area contributed by atoms with Crippen molar-refractivity contribution in [2.45, 2.75) is 25.3 Å². The van der Waals surface area contributed by atoms with E-state index in [1.54, 1.807) is 0 Å². The van der Waals surface area contributed by atoms with E-state index in [9.17, 15) is 0 Å². The second kappa shape index (κ2) is 1.46. The highest BCUT2D eigenvalue weighted by Crippen LogP contribution is 2.34. The maximum Gasteiger partial charge on any atom is 0.106 e. The molecule has 0 bridgehead atoms. The van der Waals surface area contributed by atoms with Crippen LogP contribution in [0.1, 0.15) is 19.8 Å². The van der Waals surface area contributed by atoms with Gasteiger partial charge in [-0.1, -0.05) is 6.92 Å². The highest BCUT2D eigenvalue weighted by molar-refractivity contribution is 5.13. The fourth-order valence-electron chi connectivity index (χ4n) is 0.910. The van der Waals surface area contributed by atoms with E-state index >= 15 is 0 Å². The number of hydrogen-bond acceptors (Lipinski definition) is 2. The highest BCUT2D eigenvalue weighted by atomic mass is 14.8. The van der Waals surface area contributed by atoms with Crippen LogP contribution in [0.2, 0.25) is 0 Å². The van der Waals surface area contributed by atoms with E-state index in [4.69, 9.17) is 11.0 Å². The summed E-state index contributed by atoms with van der Waals surface area (Å²) in [6, 6.07) is 2.11. The first-order chi connectivity index (χ1) is 3.69. The number of nitrogens with two attached hydrogens (primary N) is 1. The molecule has 0 radical (unpaired) electrons. The lowest BCUT2D eigenvalue weighted by atomic mass is 9.69. The zero-order chi connectivity index (χ0) is 6.20. The quantitative estimate of drug-likeness (QED) is 0.497. The molecule has 2 atom stereocenters. The van der Waals surface area contributed by atoms with Crippen LogP contribution < -0.4 is 5.73 Å². The van der Waals surface area contributed by atoms with Crippen molar-refractivity contribution in [3.8, 4) is 6.07 Å². The van der Waals surface area contributed by atoms with Crippen molar-refractivity contribution < 1.29 is 0 Å². The molecule has 8 heavy (non-hydrogen) atoms. The Morgan fingerprint density at radius 3 is 2.50 bits per heavy atom. The summed E-state index contributed by atoms with van der Waals surface area (Å²) in [6.45, 7) is 2.02. The lowest BCUT2D eigenvalue weighted by Crippen LogP contribution is -2.52. The Morgan fingerprint density at radius 2 is 2.50 bits per heavy atom. The van der Waals surface area contributed by atoms with Crippen molar-refractivity contribution >= 4 is 0 Å². The maximum atomic E-state index is 8.44. The van der Waals surface area contributed by atoms with E-state index in [1.165, 1.54) is 0 Å². The third kappa shape index (κ3) is 0.517. The predicted molar refractivity (Wildman–Crippen MR) is 30.9 cm³/mol. The standard InChI is InChI=1S/C6H10N2/c1-5-2-3-6(5,8)4-7/h5H,2-3,8H2,1H3. The molecule has 0 aromatic rings. The Hall–Kier alpha value is -0.550. The summed E-state index contributed by atoms with van der Waals surface area (Å²) in [5.74, 6) is 0.410. The Kier molecular flexibility index (Phi) is 1.02. The molecule has 1 saturated carbocycles. The molecule has 1 fully saturated rings. The number of hydrogen-bond donors (Lipinski definition) is 1. The van der Waals surface area contributed by atoms with E-state index in [1.807, 2.05) is 6.92 Å². The van der Waals surface area contributed by atoms with Crippen molar-refractivity contribution in [1.82, 2.24) is 0 Å². The Labute approximate surface area is 49.3 Å². The molecular formula is C6H10N2. The summed E-state index contributed by atoms with van der Waals surface area (Å²) in [6.07, 6.45) is 1.99. The van der Waals surface area contributed by atoms with E-state index in [0.29, 0.717) is 5.92 Å². The molecule has 2 N–H and O–H groups in total. The molecular weight excluding hydrogens is 100 g/mol. The van der Waals surface area contributed by atoms with Gasteiger partial charge in [0.05, 0.1) is 6.07 Å². The smallest absolute Gasteiger partial charge is 0.106 e. The van der Waals surface area contributed by atoms with Crippen LogP contribution in [0, 0.1) is 17.2 Å². The first-order valence-electron chi connectivity index (χ1n) is 2.89. The molecule has 0 heterocycles. The van der Waals surface area contributed by atoms with Gasteiger partial charge in [0.1, 0.15) is 5.54 Å². The zero-order valence-electron chi connectivity index (χ0n) is 5.02. The lowest BCUT2D eigenvalue weighted by molar-refractivity contribution is 0.207. The van der Waals surface area contributed by atoms with Crippen molar-refractivity contribution in [3.63, 3.8) is 0 Å². The van der Waals surface area contributed by atoms with E-state index in [0.717, 1.165) is 12.8 Å². The monoisotopic (exact) mass is 110 g/mol. The van der Waals surface area contributed by atoms with Crippen LogP contribution >= 0.6 is 0 Å². The maximum absolute atomic E-state index is 8.44. The predicted octanol–water partition coefficient (Wildman–Crippen LogP) is 0.637. The summed E-state index contributed by atoms with van der Waals surface area (Å²) in [7, 11) is 0. The Balaban J connectivity index is 2.59. The van der Waals surface area contributed by atoms with Gasteiger partial charge in [0.2, 0.25) is 0 Å². The normalized spacial score (nSPS) is 44.9. The van der Waals surface area contributed by atoms with Gasteiger partial charge in [-0.2, -0.15) is 5.26 Å². The first-order valence-corrected chi connectivity index (χ1v) is 2.89. The lowest BCUT2D eigenvalue weighted by Gasteiger charge is -2.38. The molecule has 0 saturated heterocycles. The molecule has 0 spiro atoms. The van der Waals surface area contributed by atoms with Crippen LogP contribution in [0.5, 0.6) is 0 Å². The van der Waals surface area contributed by atoms with Gasteiger partial charge in [-0.3, -0.25) is 0 Å². The number of nitrogens with zero attached hydrogens (tertiary/aromatic N) is 1. The van der Waals surface area contributed by atoms with E-state index in [2.05, 4.69) is 6.07 Å². The fraction of sp³-hybridized carbons (Fsp3) is 0.833. The number of rotatable bonds is 0. The molecule has 0 aliphatic heterocycles. The molecule has 44 valence electrons. The molecule has 1 aliphatic carbocycles. The van der Waals surface area contributed by atoms with E-state index in [-0.39, 0.29) is 0 Å². The minimum absolute atomic E-state index is 0.410. The number of nitriles is 1. The van der Waals surface area contributed by atoms with Crippen LogP contribution in [0.4, 0.5) is 0 Å². The minimum atomic E-state index is -0.472. The Bertz CT molecular complexity index is 136. The average Bonchev–Trinajstić information content (AvgIpc) is 1.83. The minimum Gasteiger partial charge on any atom is -0.313 e. The molecule has 1 rings (SSSR count). The second-order valence-electron chi connectivity index (χ2n) is 2.59. The third-order valence-corrected chi connectivity index (χ3v) is 2.08. The zero-order valence-corrected chi connectivity index (χ0v) is 5.02. The second-order valence-corrected chi connectivity index (χ2v) is 2.59. The summed E-state index contributed by atoms with van der Waals surface area (Å²) in [5.41, 5.74) is 5.11. The van der Waals surface area contributed by atoms with Gasteiger partial charge >= 0.3 is 0 Å². The molecule has 2 heteroatoms. The topological polar surface area (TPSA) is 49.8 Å². The van der Waals surface area contributed by atoms with Crippen LogP contribution in [0.3, 0.4) is 0 Å². The van der Waals surface area contributed by atoms with Crippen LogP contribution in [-0.4, -0.2) is 5.54 Å². The summed E-state index contributed by atoms with van der Waals surface area (Å²) < 4.78 is 0. The summed E-state index contributed by atoms with van der Waals surface area (Å²) >= 11 is 0. The highest BCUT2D eigenvalue weighted by Gasteiger charge is 2.40. The van der Waals surface area contributed by atoms with Gasteiger partial charge in [-0.05, 0) is 18.8 Å². The molecule has 2 unspecified atom stereocenters. The van der Waals surface area contributed by atoms with Gasteiger partial charge < -0.3 is 5.73 Å². The Morgan fingerprint density at radius 1 is 1.88 bits per heavy atom. The largest absolute Gasteiger partial charge is 0.313 e. The van der Waals surface area contributed by atoms with Gasteiger partial charge in [-0.25, -0.2) is 0 Å². The van der Waals surface area contributed by atoms with Gasteiger partial charge in [0, 0.05) is 0 Å². The van der Waals surface area contributed by atoms with Crippen molar-refractivity contribution in [2.75, 3.05) is 0 Å². The van der Waals surface area contributed by atoms with Crippen LogP contribution in [0.25, 0.3) is 0 Å². The van der Waals surface area contributed by atoms with Crippen molar-refractivity contribution in [3.05, 3.63) is 0 Å². The molecule has 0 amide bonds. The van der Waals surface area contributed by atoms with Crippen molar-refractivity contribution in [2.24, 2.45) is 11.7 Å². The summed E-state index contributed by atoms with van der Waals surface area (Å²) in [4.78, 5) is 0.